The molecule has 1 saturated heterocycles. The van der Waals surface area contributed by atoms with Crippen molar-refractivity contribution in [3.63, 3.8) is 0 Å². The minimum absolute atomic E-state index is 0.583. The predicted octanol–water partition coefficient (Wildman–Crippen LogP) is 1.11. The molecule has 5 heteroatoms. The zero-order chi connectivity index (χ0) is 15.2. The number of nitrogens with two attached hydrogens (primary N) is 1. The summed E-state index contributed by atoms with van der Waals surface area (Å²) in [4.78, 5) is 9.58. The molecular weight excluding hydrogens is 264 g/mol. The van der Waals surface area contributed by atoms with Gasteiger partial charge in [0, 0.05) is 57.1 Å². The van der Waals surface area contributed by atoms with Gasteiger partial charge < -0.3 is 15.4 Å². The molecule has 1 fully saturated rings. The van der Waals surface area contributed by atoms with Crippen LogP contribution in [0.4, 0.5) is 0 Å². The molecule has 2 N–H and O–H groups in total. The summed E-state index contributed by atoms with van der Waals surface area (Å²) in [7, 11) is 1.70. The molecule has 1 unspecified atom stereocenters. The second-order valence-electron chi connectivity index (χ2n) is 6.06. The van der Waals surface area contributed by atoms with Gasteiger partial charge in [-0.1, -0.05) is 6.92 Å². The van der Waals surface area contributed by atoms with Crippen LogP contribution in [0.1, 0.15) is 18.3 Å². The van der Waals surface area contributed by atoms with Gasteiger partial charge in [0.15, 0.2) is 0 Å². The van der Waals surface area contributed by atoms with E-state index in [1.54, 1.807) is 7.11 Å². The highest BCUT2D eigenvalue weighted by atomic mass is 16.5. The molecule has 1 aliphatic heterocycles. The van der Waals surface area contributed by atoms with E-state index < -0.39 is 0 Å². The Morgan fingerprint density at radius 2 is 1.90 bits per heavy atom. The van der Waals surface area contributed by atoms with Crippen LogP contribution in [0.15, 0.2) is 12.1 Å². The lowest BCUT2D eigenvalue weighted by Crippen LogP contribution is -2.47. The fraction of sp³-hybridized carbons (Fsp3) is 0.688. The maximum Gasteiger partial charge on any atom is 0.122 e. The van der Waals surface area contributed by atoms with Crippen LogP contribution in [0.5, 0.6) is 5.75 Å². The summed E-state index contributed by atoms with van der Waals surface area (Å²) in [5.74, 6) is 1.48. The van der Waals surface area contributed by atoms with Crippen molar-refractivity contribution in [3.8, 4) is 5.75 Å². The fourth-order valence-corrected chi connectivity index (χ4v) is 2.78. The maximum absolute atomic E-state index is 5.70. The Morgan fingerprint density at radius 3 is 2.52 bits per heavy atom. The molecule has 0 spiro atoms. The van der Waals surface area contributed by atoms with Gasteiger partial charge in [-0.25, -0.2) is 0 Å². The number of aryl methyl sites for hydroxylation is 1. The van der Waals surface area contributed by atoms with Gasteiger partial charge in [-0.15, -0.1) is 0 Å². The topological polar surface area (TPSA) is 54.6 Å². The summed E-state index contributed by atoms with van der Waals surface area (Å²) in [5.41, 5.74) is 7.81. The van der Waals surface area contributed by atoms with Gasteiger partial charge in [-0.2, -0.15) is 0 Å². The Hall–Kier alpha value is -1.17. The summed E-state index contributed by atoms with van der Waals surface area (Å²) >= 11 is 0. The molecule has 1 atom stereocenters. The number of methoxy groups -OCH3 is 1. The molecule has 118 valence electrons. The highest BCUT2D eigenvalue weighted by molar-refractivity contribution is 5.26. The van der Waals surface area contributed by atoms with Crippen molar-refractivity contribution in [3.05, 3.63) is 23.5 Å². The van der Waals surface area contributed by atoms with Crippen LogP contribution < -0.4 is 10.5 Å². The third-order valence-electron chi connectivity index (χ3n) is 4.04. The van der Waals surface area contributed by atoms with Crippen LogP contribution in [0, 0.1) is 12.8 Å². The molecule has 1 aromatic rings. The van der Waals surface area contributed by atoms with E-state index in [4.69, 9.17) is 10.5 Å². The second-order valence-corrected chi connectivity index (χ2v) is 6.06. The Kier molecular flexibility index (Phi) is 5.96. The summed E-state index contributed by atoms with van der Waals surface area (Å²) < 4.78 is 5.32. The van der Waals surface area contributed by atoms with Crippen molar-refractivity contribution in [1.29, 1.82) is 0 Å². The van der Waals surface area contributed by atoms with Crippen LogP contribution in [0.3, 0.4) is 0 Å². The molecule has 0 amide bonds. The van der Waals surface area contributed by atoms with Crippen molar-refractivity contribution in [2.75, 3.05) is 46.4 Å². The number of aromatic nitrogens is 1. The highest BCUT2D eigenvalue weighted by Crippen LogP contribution is 2.15. The number of hydrogen-bond acceptors (Lipinski definition) is 5. The van der Waals surface area contributed by atoms with E-state index in [0.29, 0.717) is 5.92 Å². The van der Waals surface area contributed by atoms with E-state index in [1.807, 2.05) is 19.1 Å². The smallest absolute Gasteiger partial charge is 0.122 e. The van der Waals surface area contributed by atoms with Crippen molar-refractivity contribution >= 4 is 0 Å². The molecule has 1 aromatic heterocycles. The predicted molar refractivity (Wildman–Crippen MR) is 85.5 cm³/mol. The first-order valence-electron chi connectivity index (χ1n) is 7.77. The summed E-state index contributed by atoms with van der Waals surface area (Å²) in [5, 5.41) is 0. The number of pyridine rings is 1. The Labute approximate surface area is 128 Å². The zero-order valence-electron chi connectivity index (χ0n) is 13.5. The lowest BCUT2D eigenvalue weighted by molar-refractivity contribution is 0.115. The molecule has 0 aliphatic carbocycles. The Balaban J connectivity index is 1.84. The van der Waals surface area contributed by atoms with E-state index in [2.05, 4.69) is 21.7 Å². The summed E-state index contributed by atoms with van der Waals surface area (Å²) in [6.07, 6.45) is 0. The number of hydrogen-bond donors (Lipinski definition) is 1. The van der Waals surface area contributed by atoms with Crippen molar-refractivity contribution in [1.82, 2.24) is 14.8 Å². The average Bonchev–Trinajstić information content (AvgIpc) is 2.48. The van der Waals surface area contributed by atoms with Crippen LogP contribution in [0.25, 0.3) is 0 Å². The van der Waals surface area contributed by atoms with Gasteiger partial charge in [0.1, 0.15) is 5.75 Å². The zero-order valence-corrected chi connectivity index (χ0v) is 13.5. The van der Waals surface area contributed by atoms with E-state index >= 15 is 0 Å². The molecule has 0 bridgehead atoms. The minimum Gasteiger partial charge on any atom is -0.497 e. The third-order valence-corrected chi connectivity index (χ3v) is 4.04. The Bertz CT molecular complexity index is 444. The third kappa shape index (κ3) is 4.95. The molecule has 0 saturated carbocycles. The van der Waals surface area contributed by atoms with Gasteiger partial charge in [0.25, 0.3) is 0 Å². The first kappa shape index (κ1) is 16.2. The quantitative estimate of drug-likeness (QED) is 0.851. The maximum atomic E-state index is 5.70. The molecule has 2 rings (SSSR count). The highest BCUT2D eigenvalue weighted by Gasteiger charge is 2.18. The number of piperazine rings is 1. The van der Waals surface area contributed by atoms with Gasteiger partial charge in [-0.05, 0) is 19.4 Å². The number of nitrogens with zero attached hydrogens (tertiary/aromatic N) is 3. The molecule has 5 nitrogen and oxygen atoms in total. The largest absolute Gasteiger partial charge is 0.497 e. The minimum atomic E-state index is 0.583. The van der Waals surface area contributed by atoms with Crippen LogP contribution in [-0.4, -0.2) is 61.2 Å². The number of rotatable bonds is 6. The van der Waals surface area contributed by atoms with Crippen LogP contribution in [-0.2, 0) is 6.54 Å². The lowest BCUT2D eigenvalue weighted by Gasteiger charge is -2.35. The van der Waals surface area contributed by atoms with E-state index in [-0.39, 0.29) is 0 Å². The average molecular weight is 292 g/mol. The van der Waals surface area contributed by atoms with E-state index in [9.17, 15) is 0 Å². The van der Waals surface area contributed by atoms with Crippen molar-refractivity contribution < 1.29 is 4.74 Å². The van der Waals surface area contributed by atoms with Gasteiger partial charge in [0.2, 0.25) is 0 Å². The fourth-order valence-electron chi connectivity index (χ4n) is 2.78. The molecule has 0 radical (unpaired) electrons. The van der Waals surface area contributed by atoms with Crippen LogP contribution in [0.2, 0.25) is 0 Å². The van der Waals surface area contributed by atoms with Crippen LogP contribution >= 0.6 is 0 Å². The molecule has 21 heavy (non-hydrogen) atoms. The first-order valence-corrected chi connectivity index (χ1v) is 7.77. The van der Waals surface area contributed by atoms with Crippen molar-refractivity contribution in [2.24, 2.45) is 11.7 Å². The van der Waals surface area contributed by atoms with Crippen molar-refractivity contribution in [2.45, 2.75) is 20.4 Å². The molecule has 0 aromatic carbocycles. The molecular formula is C16H28N4O. The van der Waals surface area contributed by atoms with E-state index in [0.717, 1.165) is 63.0 Å². The summed E-state index contributed by atoms with van der Waals surface area (Å²) in [6.45, 7) is 11.4. The van der Waals surface area contributed by atoms with Gasteiger partial charge >= 0.3 is 0 Å². The SMILES string of the molecule is COc1cc(C)nc(CN2CCN(CC(C)CN)CC2)c1. The van der Waals surface area contributed by atoms with Gasteiger partial charge in [-0.3, -0.25) is 9.88 Å². The van der Waals surface area contributed by atoms with E-state index in [1.165, 1.54) is 0 Å². The normalized spacial score (nSPS) is 18.7. The molecule has 1 aliphatic rings. The number of ether oxygens (including phenoxy) is 1. The monoisotopic (exact) mass is 292 g/mol. The lowest BCUT2D eigenvalue weighted by atomic mass is 10.1. The summed E-state index contributed by atoms with van der Waals surface area (Å²) in [6, 6.07) is 4.01. The second kappa shape index (κ2) is 7.73. The van der Waals surface area contributed by atoms with Gasteiger partial charge in [0.05, 0.1) is 12.8 Å². The molecule has 2 heterocycles. The standard InChI is InChI=1S/C16H28N4O/c1-13(10-17)11-19-4-6-20(7-5-19)12-15-9-16(21-3)8-14(2)18-15/h8-9,13H,4-7,10-12,17H2,1-3H3. The first-order chi connectivity index (χ1) is 10.1. The Morgan fingerprint density at radius 1 is 1.24 bits per heavy atom.